The summed E-state index contributed by atoms with van der Waals surface area (Å²) in [5, 5.41) is 10.9. The fourth-order valence-corrected chi connectivity index (χ4v) is 3.22. The van der Waals surface area contributed by atoms with Crippen LogP contribution in [0.4, 0.5) is 0 Å². The predicted octanol–water partition coefficient (Wildman–Crippen LogP) is 5.97. The summed E-state index contributed by atoms with van der Waals surface area (Å²) in [5.41, 5.74) is 7.04. The Labute approximate surface area is 180 Å². The number of carbonyl (C=O) groups is 1. The van der Waals surface area contributed by atoms with Crippen molar-refractivity contribution in [2.45, 2.75) is 41.5 Å². The molecule has 1 radical (unpaired) electrons. The summed E-state index contributed by atoms with van der Waals surface area (Å²) >= 11 is 0. The molecule has 0 atom stereocenters. The Hall–Kier alpha value is -2.29. The second-order valence-corrected chi connectivity index (χ2v) is 6.94. The first-order valence-corrected chi connectivity index (χ1v) is 8.92. The second-order valence-electron chi connectivity index (χ2n) is 6.94. The summed E-state index contributed by atoms with van der Waals surface area (Å²) < 4.78 is 0. The number of ketones is 1. The summed E-state index contributed by atoms with van der Waals surface area (Å²) in [6, 6.07) is 14.2. The van der Waals surface area contributed by atoms with Crippen LogP contribution in [0.2, 0.25) is 0 Å². The molecule has 3 aromatic rings. The van der Waals surface area contributed by atoms with Crippen LogP contribution >= 0.6 is 0 Å². The number of fused-ring (bicyclic) bond motifs is 1. The minimum Gasteiger partial charge on any atom is -0.512 e. The molecule has 3 nitrogen and oxygen atoms in total. The molecule has 28 heavy (non-hydrogen) atoms. The second kappa shape index (κ2) is 10.3. The Morgan fingerprint density at radius 1 is 1.07 bits per heavy atom. The van der Waals surface area contributed by atoms with Gasteiger partial charge >= 0.3 is 0 Å². The summed E-state index contributed by atoms with van der Waals surface area (Å²) in [7, 11) is 0. The van der Waals surface area contributed by atoms with Gasteiger partial charge in [-0.3, -0.25) is 4.79 Å². The minimum atomic E-state index is -0.125. The van der Waals surface area contributed by atoms with Gasteiger partial charge in [0.15, 0.2) is 5.78 Å². The van der Waals surface area contributed by atoms with Crippen molar-refractivity contribution in [1.29, 1.82) is 0 Å². The zero-order valence-corrected chi connectivity index (χ0v) is 19.6. The number of pyridine rings is 1. The number of hydrogen-bond donors (Lipinski definition) is 1. The topological polar surface area (TPSA) is 50.2 Å². The van der Waals surface area contributed by atoms with Crippen LogP contribution in [0, 0.1) is 33.8 Å². The third-order valence-electron chi connectivity index (χ3n) is 4.12. The van der Waals surface area contributed by atoms with Crippen molar-refractivity contribution in [3.05, 3.63) is 76.7 Å². The third-order valence-corrected chi connectivity index (χ3v) is 4.12. The van der Waals surface area contributed by atoms with Crippen LogP contribution in [-0.2, 0) is 24.9 Å². The van der Waals surface area contributed by atoms with Crippen LogP contribution in [0.3, 0.4) is 0 Å². The maximum Gasteiger partial charge on any atom is 0.155 e. The van der Waals surface area contributed by atoms with Gasteiger partial charge < -0.3 is 10.1 Å². The van der Waals surface area contributed by atoms with Crippen LogP contribution in [0.25, 0.3) is 22.0 Å². The number of benzene rings is 2. The fourth-order valence-electron chi connectivity index (χ4n) is 3.22. The van der Waals surface area contributed by atoms with Crippen LogP contribution in [0.5, 0.6) is 0 Å². The zero-order valence-electron chi connectivity index (χ0n) is 17.2. The summed E-state index contributed by atoms with van der Waals surface area (Å²) in [5.74, 6) is -0.0625. The maximum atomic E-state index is 10.0. The van der Waals surface area contributed by atoms with Crippen molar-refractivity contribution >= 4 is 16.6 Å². The number of aryl methyl sites for hydroxylation is 4. The molecule has 0 saturated heterocycles. The molecular weight excluding hydrogens is 526 g/mol. The molecule has 3 rings (SSSR count). The monoisotopic (exact) mass is 553 g/mol. The number of aliphatic hydroxyl groups excluding tert-OH is 1. The van der Waals surface area contributed by atoms with E-state index in [1.165, 1.54) is 47.4 Å². The predicted molar refractivity (Wildman–Crippen MR) is 112 cm³/mol. The first-order valence-electron chi connectivity index (χ1n) is 8.92. The third kappa shape index (κ3) is 6.12. The molecule has 4 heteroatoms. The van der Waals surface area contributed by atoms with Crippen LogP contribution in [0.15, 0.2) is 48.4 Å². The largest absolute Gasteiger partial charge is 0.512 e. The van der Waals surface area contributed by atoms with E-state index in [0.29, 0.717) is 0 Å². The van der Waals surface area contributed by atoms with Gasteiger partial charge in [-0.05, 0) is 55.3 Å². The van der Waals surface area contributed by atoms with Crippen LogP contribution in [-0.4, -0.2) is 15.9 Å². The molecule has 1 N–H and O–H groups in total. The van der Waals surface area contributed by atoms with Crippen molar-refractivity contribution in [2.24, 2.45) is 0 Å². The Morgan fingerprint density at radius 2 is 1.75 bits per heavy atom. The molecule has 0 aliphatic rings. The van der Waals surface area contributed by atoms with E-state index < -0.39 is 0 Å². The Balaban J connectivity index is 0.000000425. The first-order chi connectivity index (χ1) is 12.7. The zero-order chi connectivity index (χ0) is 20.1. The van der Waals surface area contributed by atoms with Crippen molar-refractivity contribution in [1.82, 2.24) is 4.98 Å². The summed E-state index contributed by atoms with van der Waals surface area (Å²) in [6.45, 7) is 11.3. The standard InChI is InChI=1S/C19H18N.C5H8O2.Ir/c1-12-8-13(2)10-16(9-12)19-17-7-5-6-14(3)18(17)15(4)11-20-19;1-4(6)3-5(2)7;/h5-9,11H,1-4H3;3,6H,1-2H3;/q-1;;/b;4-3-;. The van der Waals surface area contributed by atoms with Gasteiger partial charge in [0.05, 0.1) is 5.76 Å². The molecule has 0 aliphatic heterocycles. The Morgan fingerprint density at radius 3 is 2.29 bits per heavy atom. The SMILES string of the molecule is CC(=O)/C=C(/C)O.Cc1[c-]c(-c2ncc(C)c3c(C)cccc23)cc(C)c1.[Ir]. The van der Waals surface area contributed by atoms with E-state index >= 15 is 0 Å². The molecule has 0 fully saturated rings. The molecule has 149 valence electrons. The Kier molecular flexibility index (Phi) is 8.74. The van der Waals surface area contributed by atoms with Gasteiger partial charge in [0.2, 0.25) is 0 Å². The number of aliphatic hydroxyl groups is 1. The molecular formula is C24H26IrNO2-. The van der Waals surface area contributed by atoms with Gasteiger partial charge in [-0.15, -0.1) is 34.9 Å². The van der Waals surface area contributed by atoms with Crippen molar-refractivity contribution < 1.29 is 30.0 Å². The van der Waals surface area contributed by atoms with Gasteiger partial charge in [-0.25, -0.2) is 0 Å². The van der Waals surface area contributed by atoms with Gasteiger partial charge in [-0.2, -0.15) is 0 Å². The Bertz CT molecular complexity index is 990. The van der Waals surface area contributed by atoms with E-state index in [-0.39, 0.29) is 31.6 Å². The smallest absolute Gasteiger partial charge is 0.155 e. The van der Waals surface area contributed by atoms with E-state index in [0.717, 1.165) is 16.8 Å². The molecule has 0 amide bonds. The average molecular weight is 553 g/mol. The maximum absolute atomic E-state index is 10.0. The van der Waals surface area contributed by atoms with E-state index in [1.807, 2.05) is 6.20 Å². The van der Waals surface area contributed by atoms with Gasteiger partial charge in [0.1, 0.15) is 0 Å². The minimum absolute atomic E-state index is 0. The first kappa shape index (κ1) is 23.7. The summed E-state index contributed by atoms with van der Waals surface area (Å²) in [6.07, 6.45) is 3.14. The molecule has 0 saturated carbocycles. The molecule has 2 aromatic carbocycles. The van der Waals surface area contributed by atoms with Crippen LogP contribution < -0.4 is 0 Å². The van der Waals surface area contributed by atoms with Gasteiger partial charge in [0, 0.05) is 32.4 Å². The van der Waals surface area contributed by atoms with Crippen molar-refractivity contribution in [2.75, 3.05) is 0 Å². The molecule has 0 unspecified atom stereocenters. The molecule has 0 bridgehead atoms. The summed E-state index contributed by atoms with van der Waals surface area (Å²) in [4.78, 5) is 14.7. The van der Waals surface area contributed by atoms with Gasteiger partial charge in [0.25, 0.3) is 0 Å². The molecule has 1 aromatic heterocycles. The van der Waals surface area contributed by atoms with E-state index in [4.69, 9.17) is 5.11 Å². The van der Waals surface area contributed by atoms with Crippen LogP contribution in [0.1, 0.15) is 36.1 Å². The quantitative estimate of drug-likeness (QED) is 0.242. The van der Waals surface area contributed by atoms with E-state index in [9.17, 15) is 4.79 Å². The van der Waals surface area contributed by atoms with E-state index in [1.54, 1.807) is 0 Å². The number of rotatable bonds is 2. The van der Waals surface area contributed by atoms with Gasteiger partial charge in [-0.1, -0.05) is 32.0 Å². The normalized spacial score (nSPS) is 10.7. The number of allylic oxidation sites excluding steroid dienone is 2. The van der Waals surface area contributed by atoms with E-state index in [2.05, 4.69) is 69.1 Å². The average Bonchev–Trinajstić information content (AvgIpc) is 2.53. The number of carbonyl (C=O) groups excluding carboxylic acids is 1. The fraction of sp³-hybridized carbons (Fsp3) is 0.250. The molecule has 0 spiro atoms. The molecule has 0 aliphatic carbocycles. The van der Waals surface area contributed by atoms with Crippen molar-refractivity contribution in [3.63, 3.8) is 0 Å². The number of aromatic nitrogens is 1. The molecule has 1 heterocycles. The van der Waals surface area contributed by atoms with Crippen molar-refractivity contribution in [3.8, 4) is 11.3 Å². The number of hydrogen-bond acceptors (Lipinski definition) is 3. The number of nitrogens with zero attached hydrogens (tertiary/aromatic N) is 1.